The van der Waals surface area contributed by atoms with Gasteiger partial charge >= 0.3 is 0 Å². The summed E-state index contributed by atoms with van der Waals surface area (Å²) >= 11 is 3.39. The third-order valence-corrected chi connectivity index (χ3v) is 3.24. The van der Waals surface area contributed by atoms with E-state index in [4.69, 9.17) is 15.2 Å². The molecule has 0 saturated heterocycles. The Kier molecular flexibility index (Phi) is 3.72. The number of nitrogens with zero attached hydrogens (tertiary/aromatic N) is 1. The number of ether oxygens (including phenoxy) is 2. The van der Waals surface area contributed by atoms with Gasteiger partial charge in [0.1, 0.15) is 0 Å². The fourth-order valence-corrected chi connectivity index (χ4v) is 1.68. The predicted molar refractivity (Wildman–Crippen MR) is 74.2 cm³/mol. The molecular formula is C13H13BrN2O2. The van der Waals surface area contributed by atoms with E-state index in [0.717, 1.165) is 10.2 Å². The Morgan fingerprint density at radius 1 is 1.17 bits per heavy atom. The van der Waals surface area contributed by atoms with Crippen molar-refractivity contribution in [3.05, 3.63) is 40.5 Å². The molecule has 0 bridgehead atoms. The predicted octanol–water partition coefficient (Wildman–Crippen LogP) is 3.54. The third kappa shape index (κ3) is 2.73. The topological polar surface area (TPSA) is 57.4 Å². The van der Waals surface area contributed by atoms with E-state index >= 15 is 0 Å². The SMILES string of the molecule is COc1ccc(N)cc1Oc1ccc(Br)c(C)n1. The molecule has 4 nitrogen and oxygen atoms in total. The van der Waals surface area contributed by atoms with Gasteiger partial charge in [0, 0.05) is 22.3 Å². The Balaban J connectivity index is 2.33. The standard InChI is InChI=1S/C13H13BrN2O2/c1-8-10(14)4-6-13(16-8)18-12-7-9(15)3-5-11(12)17-2/h3-7H,15H2,1-2H3. The van der Waals surface area contributed by atoms with Crippen LogP contribution in [0.2, 0.25) is 0 Å². The van der Waals surface area contributed by atoms with E-state index < -0.39 is 0 Å². The van der Waals surface area contributed by atoms with Gasteiger partial charge < -0.3 is 15.2 Å². The number of hydrogen-bond acceptors (Lipinski definition) is 4. The number of methoxy groups -OCH3 is 1. The van der Waals surface area contributed by atoms with Crippen LogP contribution in [0.4, 0.5) is 5.69 Å². The number of rotatable bonds is 3. The van der Waals surface area contributed by atoms with Crippen LogP contribution < -0.4 is 15.2 Å². The number of anilines is 1. The Morgan fingerprint density at radius 2 is 1.94 bits per heavy atom. The third-order valence-electron chi connectivity index (χ3n) is 2.40. The lowest BCUT2D eigenvalue weighted by Crippen LogP contribution is -1.95. The smallest absolute Gasteiger partial charge is 0.219 e. The summed E-state index contributed by atoms with van der Waals surface area (Å²) in [5.74, 6) is 1.66. The molecule has 1 heterocycles. The summed E-state index contributed by atoms with van der Waals surface area (Å²) in [6, 6.07) is 8.89. The van der Waals surface area contributed by atoms with Crippen molar-refractivity contribution in [3.8, 4) is 17.4 Å². The van der Waals surface area contributed by atoms with E-state index in [1.807, 2.05) is 13.0 Å². The van der Waals surface area contributed by atoms with Gasteiger partial charge in [0.2, 0.25) is 5.88 Å². The molecule has 0 aliphatic carbocycles. The molecule has 1 aromatic heterocycles. The molecular weight excluding hydrogens is 296 g/mol. The maximum Gasteiger partial charge on any atom is 0.219 e. The van der Waals surface area contributed by atoms with Gasteiger partial charge in [-0.15, -0.1) is 0 Å². The lowest BCUT2D eigenvalue weighted by molar-refractivity contribution is 0.374. The highest BCUT2D eigenvalue weighted by molar-refractivity contribution is 9.10. The molecule has 0 saturated carbocycles. The number of aromatic nitrogens is 1. The molecule has 0 unspecified atom stereocenters. The Bertz CT molecular complexity index is 573. The number of aryl methyl sites for hydroxylation is 1. The Hall–Kier alpha value is -1.75. The molecule has 0 amide bonds. The number of pyridine rings is 1. The first kappa shape index (κ1) is 12.7. The minimum Gasteiger partial charge on any atom is -0.493 e. The fraction of sp³-hybridized carbons (Fsp3) is 0.154. The van der Waals surface area contributed by atoms with E-state index in [0.29, 0.717) is 23.1 Å². The van der Waals surface area contributed by atoms with E-state index in [2.05, 4.69) is 20.9 Å². The zero-order valence-corrected chi connectivity index (χ0v) is 11.7. The van der Waals surface area contributed by atoms with Gasteiger partial charge in [0.05, 0.1) is 12.8 Å². The van der Waals surface area contributed by atoms with Crippen molar-refractivity contribution in [3.63, 3.8) is 0 Å². The molecule has 0 fully saturated rings. The molecule has 94 valence electrons. The summed E-state index contributed by atoms with van der Waals surface area (Å²) in [5.41, 5.74) is 7.19. The lowest BCUT2D eigenvalue weighted by atomic mass is 10.3. The molecule has 0 atom stereocenters. The number of nitrogens with two attached hydrogens (primary N) is 1. The Labute approximate surface area is 114 Å². The zero-order chi connectivity index (χ0) is 13.1. The average molecular weight is 309 g/mol. The van der Waals surface area contributed by atoms with E-state index in [-0.39, 0.29) is 0 Å². The van der Waals surface area contributed by atoms with Crippen molar-refractivity contribution in [2.45, 2.75) is 6.92 Å². The second kappa shape index (κ2) is 5.27. The van der Waals surface area contributed by atoms with Crippen molar-refractivity contribution >= 4 is 21.6 Å². The maximum absolute atomic E-state index is 5.73. The van der Waals surface area contributed by atoms with Crippen LogP contribution in [0.3, 0.4) is 0 Å². The largest absolute Gasteiger partial charge is 0.493 e. The minimum absolute atomic E-state index is 0.500. The summed E-state index contributed by atoms with van der Waals surface area (Å²) in [4.78, 5) is 4.31. The first-order chi connectivity index (χ1) is 8.60. The highest BCUT2D eigenvalue weighted by Crippen LogP contribution is 2.33. The van der Waals surface area contributed by atoms with Crippen molar-refractivity contribution < 1.29 is 9.47 Å². The molecule has 0 aliphatic rings. The molecule has 0 radical (unpaired) electrons. The van der Waals surface area contributed by atoms with E-state index in [9.17, 15) is 0 Å². The molecule has 0 spiro atoms. The second-order valence-corrected chi connectivity index (χ2v) is 4.58. The van der Waals surface area contributed by atoms with Gasteiger partial charge in [0.25, 0.3) is 0 Å². The monoisotopic (exact) mass is 308 g/mol. The van der Waals surface area contributed by atoms with Crippen LogP contribution in [-0.4, -0.2) is 12.1 Å². The molecule has 18 heavy (non-hydrogen) atoms. The van der Waals surface area contributed by atoms with Crippen molar-refractivity contribution in [2.24, 2.45) is 0 Å². The average Bonchev–Trinajstić information content (AvgIpc) is 2.34. The van der Waals surface area contributed by atoms with Crippen LogP contribution in [0.5, 0.6) is 17.4 Å². The van der Waals surface area contributed by atoms with Gasteiger partial charge in [-0.2, -0.15) is 0 Å². The van der Waals surface area contributed by atoms with Crippen molar-refractivity contribution in [1.82, 2.24) is 4.98 Å². The molecule has 2 N–H and O–H groups in total. The summed E-state index contributed by atoms with van der Waals surface area (Å²) in [6.45, 7) is 1.90. The Morgan fingerprint density at radius 3 is 2.61 bits per heavy atom. The molecule has 2 aromatic rings. The van der Waals surface area contributed by atoms with Crippen LogP contribution >= 0.6 is 15.9 Å². The summed E-state index contributed by atoms with van der Waals surface area (Å²) in [7, 11) is 1.58. The van der Waals surface area contributed by atoms with E-state index in [1.54, 1.807) is 31.4 Å². The van der Waals surface area contributed by atoms with E-state index in [1.165, 1.54) is 0 Å². The summed E-state index contributed by atoms with van der Waals surface area (Å²) in [6.07, 6.45) is 0. The molecule has 1 aromatic carbocycles. The highest BCUT2D eigenvalue weighted by Gasteiger charge is 2.08. The highest BCUT2D eigenvalue weighted by atomic mass is 79.9. The zero-order valence-electron chi connectivity index (χ0n) is 10.1. The second-order valence-electron chi connectivity index (χ2n) is 3.73. The van der Waals surface area contributed by atoms with Gasteiger partial charge in [-0.1, -0.05) is 0 Å². The minimum atomic E-state index is 0.500. The number of nitrogen functional groups attached to an aromatic ring is 1. The lowest BCUT2D eigenvalue weighted by Gasteiger charge is -2.10. The normalized spacial score (nSPS) is 10.2. The fourth-order valence-electron chi connectivity index (χ4n) is 1.46. The number of hydrogen-bond donors (Lipinski definition) is 1. The van der Waals surface area contributed by atoms with Crippen LogP contribution in [0.15, 0.2) is 34.8 Å². The molecule has 5 heteroatoms. The van der Waals surface area contributed by atoms with Crippen LogP contribution in [0.25, 0.3) is 0 Å². The first-order valence-electron chi connectivity index (χ1n) is 5.34. The van der Waals surface area contributed by atoms with Gasteiger partial charge in [-0.3, -0.25) is 0 Å². The van der Waals surface area contributed by atoms with Crippen LogP contribution in [0, 0.1) is 6.92 Å². The first-order valence-corrected chi connectivity index (χ1v) is 6.14. The van der Waals surface area contributed by atoms with Crippen LogP contribution in [0.1, 0.15) is 5.69 Å². The van der Waals surface area contributed by atoms with Crippen molar-refractivity contribution in [2.75, 3.05) is 12.8 Å². The summed E-state index contributed by atoms with van der Waals surface area (Å²) < 4.78 is 11.8. The molecule has 2 rings (SSSR count). The molecule has 0 aliphatic heterocycles. The number of benzene rings is 1. The quantitative estimate of drug-likeness (QED) is 0.881. The number of halogens is 1. The van der Waals surface area contributed by atoms with Crippen LogP contribution in [-0.2, 0) is 0 Å². The van der Waals surface area contributed by atoms with Gasteiger partial charge in [-0.05, 0) is 41.1 Å². The summed E-state index contributed by atoms with van der Waals surface area (Å²) in [5, 5.41) is 0. The van der Waals surface area contributed by atoms with Gasteiger partial charge in [0.15, 0.2) is 11.5 Å². The van der Waals surface area contributed by atoms with Crippen molar-refractivity contribution in [1.29, 1.82) is 0 Å². The maximum atomic E-state index is 5.73. The van der Waals surface area contributed by atoms with Gasteiger partial charge in [-0.25, -0.2) is 4.98 Å².